The molecule has 0 fully saturated rings. The van der Waals surface area contributed by atoms with Gasteiger partial charge in [-0.2, -0.15) is 4.58 Å². The Morgan fingerprint density at radius 1 is 0.804 bits per heavy atom. The summed E-state index contributed by atoms with van der Waals surface area (Å²) in [5.41, 5.74) is 13.8. The third-order valence-electron chi connectivity index (χ3n) is 10.3. The minimum absolute atomic E-state index is 0.0367. The number of nitrogens with zero attached hydrogens (tertiary/aromatic N) is 2. The minimum Gasteiger partial charge on any atom is -0.344 e. The predicted molar refractivity (Wildman–Crippen MR) is 200 cm³/mol. The Morgan fingerprint density at radius 3 is 2.26 bits per heavy atom. The van der Waals surface area contributed by atoms with E-state index >= 15 is 0 Å². The van der Waals surface area contributed by atoms with Crippen molar-refractivity contribution in [1.29, 1.82) is 0 Å². The molecule has 0 radical (unpaired) electrons. The van der Waals surface area contributed by atoms with Gasteiger partial charge in [-0.15, -0.1) is 0 Å². The Morgan fingerprint density at radius 2 is 1.52 bits per heavy atom. The number of hydrogen-bond donors (Lipinski definition) is 0. The summed E-state index contributed by atoms with van der Waals surface area (Å²) in [5, 5.41) is 0. The Balaban J connectivity index is 1.39. The van der Waals surface area contributed by atoms with Crippen LogP contribution in [-0.2, 0) is 10.8 Å². The molecule has 3 aromatic carbocycles. The van der Waals surface area contributed by atoms with Crippen LogP contribution in [0.15, 0.2) is 118 Å². The minimum atomic E-state index is -0.0375. The summed E-state index contributed by atoms with van der Waals surface area (Å²) in [6.07, 6.45) is 15.6. The van der Waals surface area contributed by atoms with Gasteiger partial charge in [-0.1, -0.05) is 105 Å². The van der Waals surface area contributed by atoms with Crippen LogP contribution < -0.4 is 4.90 Å². The molecule has 6 rings (SSSR count). The van der Waals surface area contributed by atoms with Gasteiger partial charge >= 0.3 is 0 Å². The van der Waals surface area contributed by atoms with Crippen LogP contribution in [0.4, 0.5) is 11.4 Å². The molecule has 3 aliphatic rings. The van der Waals surface area contributed by atoms with Gasteiger partial charge in [0.2, 0.25) is 5.69 Å². The first-order valence-corrected chi connectivity index (χ1v) is 18.0. The molecule has 0 saturated carbocycles. The molecule has 0 aromatic heterocycles. The molecule has 0 amide bonds. The van der Waals surface area contributed by atoms with Crippen LogP contribution in [0.1, 0.15) is 89.0 Å². The monoisotopic (exact) mass is 627 g/mol. The molecule has 0 saturated heterocycles. The summed E-state index contributed by atoms with van der Waals surface area (Å²) in [5.74, 6) is 0. The maximum Gasteiger partial charge on any atom is 0.209 e. The van der Waals surface area contributed by atoms with Crippen molar-refractivity contribution in [3.63, 3.8) is 0 Å². The number of thioether (sulfide) groups is 1. The predicted octanol–water partition coefficient (Wildman–Crippen LogP) is 11.5. The lowest BCUT2D eigenvalue weighted by Gasteiger charge is -2.27. The van der Waals surface area contributed by atoms with E-state index in [4.69, 9.17) is 0 Å². The molecular weight excluding hydrogens is 577 g/mol. The lowest BCUT2D eigenvalue weighted by Crippen LogP contribution is -2.27. The van der Waals surface area contributed by atoms with Crippen LogP contribution in [0, 0.1) is 13.8 Å². The molecule has 0 spiro atoms. The number of unbranched alkanes of at least 4 members (excludes halogenated alkanes) is 2. The van der Waals surface area contributed by atoms with E-state index in [9.17, 15) is 0 Å². The average Bonchev–Trinajstić information content (AvgIpc) is 3.56. The van der Waals surface area contributed by atoms with Crippen LogP contribution in [0.5, 0.6) is 0 Å². The fourth-order valence-corrected chi connectivity index (χ4v) is 8.75. The van der Waals surface area contributed by atoms with Crippen molar-refractivity contribution in [2.24, 2.45) is 0 Å². The highest BCUT2D eigenvalue weighted by molar-refractivity contribution is 8.03. The van der Waals surface area contributed by atoms with Crippen LogP contribution in [0.2, 0.25) is 0 Å². The highest BCUT2D eigenvalue weighted by atomic mass is 32.2. The van der Waals surface area contributed by atoms with E-state index in [-0.39, 0.29) is 10.8 Å². The SMILES string of the molecule is CCCCCN1/C(=C/C=C2\CCC(/C=C/C3=[N+](C)c4ccc(C)cc4C3(C)C)=C2Sc2ccccc2)C(C)(C)c2cc(C)ccc21. The summed E-state index contributed by atoms with van der Waals surface area (Å²) in [6.45, 7) is 17.3. The second-order valence-electron chi connectivity index (χ2n) is 14.4. The molecule has 3 heteroatoms. The van der Waals surface area contributed by atoms with Gasteiger partial charge in [-0.25, -0.2) is 0 Å². The van der Waals surface area contributed by atoms with Crippen molar-refractivity contribution >= 4 is 28.8 Å². The summed E-state index contributed by atoms with van der Waals surface area (Å²) >= 11 is 1.92. The summed E-state index contributed by atoms with van der Waals surface area (Å²) < 4.78 is 2.39. The van der Waals surface area contributed by atoms with E-state index in [0.29, 0.717) is 0 Å². The number of hydrogen-bond acceptors (Lipinski definition) is 2. The largest absolute Gasteiger partial charge is 0.344 e. The lowest BCUT2D eigenvalue weighted by molar-refractivity contribution is -0.401. The molecular formula is C43H51N2S+. The fraction of sp³-hybridized carbons (Fsp3) is 0.372. The molecule has 3 aromatic rings. The van der Waals surface area contributed by atoms with Crippen LogP contribution in [0.25, 0.3) is 0 Å². The van der Waals surface area contributed by atoms with Gasteiger partial charge in [0.1, 0.15) is 7.05 Å². The van der Waals surface area contributed by atoms with Crippen molar-refractivity contribution in [3.05, 3.63) is 135 Å². The number of anilines is 1. The van der Waals surface area contributed by atoms with E-state index in [1.54, 1.807) is 0 Å². The third kappa shape index (κ3) is 5.99. The van der Waals surface area contributed by atoms with Gasteiger partial charge in [0.05, 0.1) is 5.41 Å². The fourth-order valence-electron chi connectivity index (χ4n) is 7.62. The number of allylic oxidation sites excluding steroid dienone is 7. The van der Waals surface area contributed by atoms with Gasteiger partial charge < -0.3 is 4.90 Å². The number of rotatable bonds is 9. The molecule has 0 unspecified atom stereocenters. The van der Waals surface area contributed by atoms with Crippen LogP contribution in [-0.4, -0.2) is 23.9 Å². The Kier molecular flexibility index (Phi) is 9.09. The highest BCUT2D eigenvalue weighted by Crippen LogP contribution is 2.49. The van der Waals surface area contributed by atoms with Gasteiger partial charge in [0, 0.05) is 50.9 Å². The molecule has 0 N–H and O–H groups in total. The zero-order valence-electron chi connectivity index (χ0n) is 29.2. The van der Waals surface area contributed by atoms with E-state index in [2.05, 4.69) is 156 Å². The molecule has 2 nitrogen and oxygen atoms in total. The van der Waals surface area contributed by atoms with E-state index < -0.39 is 0 Å². The molecule has 1 aliphatic carbocycles. The first-order chi connectivity index (χ1) is 22.0. The second-order valence-corrected chi connectivity index (χ2v) is 15.5. The first kappa shape index (κ1) is 32.4. The van der Waals surface area contributed by atoms with E-state index in [1.165, 1.54) is 85.2 Å². The maximum absolute atomic E-state index is 2.61. The van der Waals surface area contributed by atoms with Crippen molar-refractivity contribution < 1.29 is 4.58 Å². The van der Waals surface area contributed by atoms with E-state index in [0.717, 1.165) is 19.4 Å². The van der Waals surface area contributed by atoms with Gasteiger partial charge in [0.15, 0.2) is 5.71 Å². The maximum atomic E-state index is 2.61. The number of aryl methyl sites for hydroxylation is 2. The highest BCUT2D eigenvalue weighted by Gasteiger charge is 2.43. The lowest BCUT2D eigenvalue weighted by atomic mass is 9.81. The quantitative estimate of drug-likeness (QED) is 0.172. The summed E-state index contributed by atoms with van der Waals surface area (Å²) in [4.78, 5) is 5.32. The second kappa shape index (κ2) is 12.9. The zero-order valence-corrected chi connectivity index (χ0v) is 30.0. The standard InChI is InChI=1S/C43H51N2S/c1-9-10-14-27-45-38-24-18-31(3)29-36(38)43(6,7)40(45)26-22-33-20-19-32(41(33)46-34-15-12-11-13-16-34)21-25-39-42(4,5)35-28-30(2)17-23-37(35)44(39)8/h11-13,15-18,21-26,28-29H,9-10,14,19-20,27H2,1-8H3/q+1. The zero-order chi connectivity index (χ0) is 32.6. The van der Waals surface area contributed by atoms with Gasteiger partial charge in [-0.05, 0) is 94.0 Å². The van der Waals surface area contributed by atoms with Crippen molar-refractivity contribution in [1.82, 2.24) is 0 Å². The molecule has 2 heterocycles. The van der Waals surface area contributed by atoms with E-state index in [1.807, 2.05) is 11.8 Å². The number of fused-ring (bicyclic) bond motifs is 2. The molecule has 0 atom stereocenters. The molecule has 238 valence electrons. The average molecular weight is 628 g/mol. The van der Waals surface area contributed by atoms with Gasteiger partial charge in [-0.3, -0.25) is 0 Å². The molecule has 2 aliphatic heterocycles. The third-order valence-corrected chi connectivity index (χ3v) is 11.6. The Labute approximate surface area is 282 Å². The number of benzene rings is 3. The van der Waals surface area contributed by atoms with Crippen molar-refractivity contribution in [3.8, 4) is 0 Å². The topological polar surface area (TPSA) is 6.25 Å². The van der Waals surface area contributed by atoms with Gasteiger partial charge in [0.25, 0.3) is 0 Å². The first-order valence-electron chi connectivity index (χ1n) is 17.2. The van der Waals surface area contributed by atoms with Crippen LogP contribution >= 0.6 is 11.8 Å². The van der Waals surface area contributed by atoms with Crippen LogP contribution in [0.3, 0.4) is 0 Å². The van der Waals surface area contributed by atoms with Crippen molar-refractivity contribution in [2.75, 3.05) is 18.5 Å². The molecule has 0 bridgehead atoms. The summed E-state index contributed by atoms with van der Waals surface area (Å²) in [6, 6.07) is 24.8. The Bertz CT molecular complexity index is 1800. The smallest absolute Gasteiger partial charge is 0.209 e. The Hall–Kier alpha value is -3.56. The normalized spacial score (nSPS) is 20.1. The molecule has 46 heavy (non-hydrogen) atoms. The van der Waals surface area contributed by atoms with Crippen molar-refractivity contribution in [2.45, 2.75) is 96.3 Å². The summed E-state index contributed by atoms with van der Waals surface area (Å²) in [7, 11) is 2.22.